The number of carbonyl (C=O) groups is 1. The number of nitrogens with zero attached hydrogens (tertiary/aromatic N) is 1. The molecule has 3 rings (SSSR count). The second-order valence-corrected chi connectivity index (χ2v) is 4.26. The number of allylic oxidation sites excluding steroid dienone is 1. The lowest BCUT2D eigenvalue weighted by Gasteiger charge is -2.27. The van der Waals surface area contributed by atoms with Crippen LogP contribution in [-0.2, 0) is 4.79 Å². The van der Waals surface area contributed by atoms with Crippen LogP contribution in [0.1, 0.15) is 19.3 Å². The van der Waals surface area contributed by atoms with Gasteiger partial charge in [-0.2, -0.15) is 0 Å². The molecule has 0 aromatic carbocycles. The normalized spacial score (nSPS) is 27.9. The van der Waals surface area contributed by atoms with Gasteiger partial charge in [-0.15, -0.1) is 0 Å². The smallest absolute Gasteiger partial charge is 0.336 e. The van der Waals surface area contributed by atoms with Crippen LogP contribution in [0.5, 0.6) is 0 Å². The molecule has 78 valence electrons. The van der Waals surface area contributed by atoms with Gasteiger partial charge in [-0.1, -0.05) is 12.2 Å². The van der Waals surface area contributed by atoms with Crippen molar-refractivity contribution in [3.8, 4) is 0 Å². The first kappa shape index (κ1) is 8.77. The first-order valence-corrected chi connectivity index (χ1v) is 5.38. The van der Waals surface area contributed by atoms with Crippen LogP contribution in [0.3, 0.4) is 0 Å². The maximum atomic E-state index is 11.1. The van der Waals surface area contributed by atoms with Crippen LogP contribution in [-0.4, -0.2) is 28.6 Å². The van der Waals surface area contributed by atoms with Crippen molar-refractivity contribution in [3.63, 3.8) is 0 Å². The minimum absolute atomic E-state index is 0.304. The lowest BCUT2D eigenvalue weighted by Crippen LogP contribution is -2.30. The molecule has 2 aliphatic heterocycles. The fraction of sp³-hybridized carbons (Fsp3) is 0.417. The summed E-state index contributed by atoms with van der Waals surface area (Å²) in [5.41, 5.74) is 2.82. The molecule has 2 heterocycles. The van der Waals surface area contributed by atoms with Crippen molar-refractivity contribution in [1.82, 2.24) is 4.90 Å². The molecule has 15 heavy (non-hydrogen) atoms. The number of rotatable bonds is 1. The molecular weight excluding hydrogens is 190 g/mol. The third-order valence-electron chi connectivity index (χ3n) is 3.44. The van der Waals surface area contributed by atoms with Crippen LogP contribution >= 0.6 is 0 Å². The van der Waals surface area contributed by atoms with Crippen molar-refractivity contribution in [1.29, 1.82) is 0 Å². The van der Waals surface area contributed by atoms with Gasteiger partial charge in [0.2, 0.25) is 0 Å². The minimum atomic E-state index is -0.802. The van der Waals surface area contributed by atoms with E-state index in [4.69, 9.17) is 5.11 Å². The lowest BCUT2D eigenvalue weighted by molar-refractivity contribution is -0.132. The Labute approximate surface area is 88.4 Å². The van der Waals surface area contributed by atoms with Crippen LogP contribution in [0, 0.1) is 0 Å². The van der Waals surface area contributed by atoms with Crippen LogP contribution in [0.25, 0.3) is 0 Å². The summed E-state index contributed by atoms with van der Waals surface area (Å²) in [5, 5.41) is 9.09. The summed E-state index contributed by atoms with van der Waals surface area (Å²) < 4.78 is 0. The molecule has 0 spiro atoms. The van der Waals surface area contributed by atoms with Crippen LogP contribution in [0.15, 0.2) is 35.1 Å². The van der Waals surface area contributed by atoms with Crippen LogP contribution < -0.4 is 0 Å². The molecule has 3 nitrogen and oxygen atoms in total. The van der Waals surface area contributed by atoms with Crippen molar-refractivity contribution in [3.05, 3.63) is 35.1 Å². The Hall–Kier alpha value is -1.51. The molecule has 0 aromatic heterocycles. The van der Waals surface area contributed by atoms with Gasteiger partial charge >= 0.3 is 5.97 Å². The third kappa shape index (κ3) is 1.16. The van der Waals surface area contributed by atoms with Gasteiger partial charge in [0, 0.05) is 12.2 Å². The summed E-state index contributed by atoms with van der Waals surface area (Å²) in [6, 6.07) is 0.304. The highest BCUT2D eigenvalue weighted by Gasteiger charge is 2.35. The predicted molar refractivity (Wildman–Crippen MR) is 56.2 cm³/mol. The van der Waals surface area contributed by atoms with Crippen molar-refractivity contribution in [2.45, 2.75) is 25.3 Å². The Morgan fingerprint density at radius 2 is 2.40 bits per heavy atom. The summed E-state index contributed by atoms with van der Waals surface area (Å²) in [5.74, 6) is -0.802. The molecule has 3 aliphatic rings. The van der Waals surface area contributed by atoms with E-state index in [1.165, 1.54) is 12.1 Å². The zero-order valence-corrected chi connectivity index (χ0v) is 8.44. The SMILES string of the molecule is O=C(O)C1=C2C=C3CCCN3C2CC=C1. The molecule has 0 radical (unpaired) electrons. The molecule has 0 aromatic rings. The standard InChI is InChI=1S/C12H13NO2/c14-12(15)9-4-1-5-11-10(9)7-8-3-2-6-13(8)11/h1,4,7,11H,2-3,5-6H2,(H,14,15). The van der Waals surface area contributed by atoms with E-state index in [-0.39, 0.29) is 0 Å². The summed E-state index contributed by atoms with van der Waals surface area (Å²) in [6.45, 7) is 1.08. The molecule has 1 N–H and O–H groups in total. The highest BCUT2D eigenvalue weighted by atomic mass is 16.4. The quantitative estimate of drug-likeness (QED) is 0.705. The van der Waals surface area contributed by atoms with E-state index in [1.807, 2.05) is 6.08 Å². The topological polar surface area (TPSA) is 40.5 Å². The molecule has 1 saturated heterocycles. The Balaban J connectivity index is 2.08. The zero-order valence-electron chi connectivity index (χ0n) is 8.44. The number of carboxylic acid groups (broad SMARTS) is 1. The lowest BCUT2D eigenvalue weighted by atomic mass is 9.93. The van der Waals surface area contributed by atoms with E-state index < -0.39 is 5.97 Å². The van der Waals surface area contributed by atoms with E-state index in [1.54, 1.807) is 6.08 Å². The molecule has 0 bridgehead atoms. The first-order chi connectivity index (χ1) is 7.27. The van der Waals surface area contributed by atoms with E-state index in [0.717, 1.165) is 25.0 Å². The second-order valence-electron chi connectivity index (χ2n) is 4.26. The van der Waals surface area contributed by atoms with E-state index in [0.29, 0.717) is 11.6 Å². The summed E-state index contributed by atoms with van der Waals surface area (Å²) in [7, 11) is 0. The maximum absolute atomic E-state index is 11.1. The summed E-state index contributed by atoms with van der Waals surface area (Å²) >= 11 is 0. The van der Waals surface area contributed by atoms with Crippen molar-refractivity contribution >= 4 is 5.97 Å². The number of fused-ring (bicyclic) bond motifs is 3. The summed E-state index contributed by atoms with van der Waals surface area (Å²) in [4.78, 5) is 13.4. The molecule has 3 heteroatoms. The van der Waals surface area contributed by atoms with Gasteiger partial charge in [-0.05, 0) is 30.9 Å². The number of carboxylic acids is 1. The van der Waals surface area contributed by atoms with Crippen LogP contribution in [0.2, 0.25) is 0 Å². The van der Waals surface area contributed by atoms with Gasteiger partial charge in [-0.3, -0.25) is 0 Å². The monoisotopic (exact) mass is 203 g/mol. The van der Waals surface area contributed by atoms with Gasteiger partial charge in [0.15, 0.2) is 0 Å². The average Bonchev–Trinajstić information content (AvgIpc) is 2.75. The number of hydrogen-bond acceptors (Lipinski definition) is 2. The van der Waals surface area contributed by atoms with Gasteiger partial charge in [-0.25, -0.2) is 4.79 Å². The second kappa shape index (κ2) is 2.99. The molecule has 0 saturated carbocycles. The molecular formula is C12H13NO2. The van der Waals surface area contributed by atoms with Crippen molar-refractivity contribution in [2.24, 2.45) is 0 Å². The number of aliphatic carboxylic acids is 1. The highest BCUT2D eigenvalue weighted by molar-refractivity contribution is 5.92. The Morgan fingerprint density at radius 3 is 3.20 bits per heavy atom. The van der Waals surface area contributed by atoms with Crippen molar-refractivity contribution in [2.75, 3.05) is 6.54 Å². The van der Waals surface area contributed by atoms with E-state index in [2.05, 4.69) is 11.0 Å². The average molecular weight is 203 g/mol. The summed E-state index contributed by atoms with van der Waals surface area (Å²) in [6.07, 6.45) is 9.07. The Bertz CT molecular complexity index is 417. The molecule has 1 unspecified atom stereocenters. The van der Waals surface area contributed by atoms with Crippen molar-refractivity contribution < 1.29 is 9.90 Å². The Kier molecular flexibility index (Phi) is 1.75. The van der Waals surface area contributed by atoms with E-state index >= 15 is 0 Å². The fourth-order valence-corrected chi connectivity index (χ4v) is 2.79. The first-order valence-electron chi connectivity index (χ1n) is 5.38. The molecule has 1 atom stereocenters. The number of hydrogen-bond donors (Lipinski definition) is 1. The highest BCUT2D eigenvalue weighted by Crippen LogP contribution is 2.39. The van der Waals surface area contributed by atoms with Gasteiger partial charge in [0.05, 0.1) is 11.6 Å². The van der Waals surface area contributed by atoms with Gasteiger partial charge < -0.3 is 10.0 Å². The minimum Gasteiger partial charge on any atom is -0.478 e. The molecule has 1 fully saturated rings. The van der Waals surface area contributed by atoms with Gasteiger partial charge in [0.25, 0.3) is 0 Å². The third-order valence-corrected chi connectivity index (χ3v) is 3.44. The maximum Gasteiger partial charge on any atom is 0.336 e. The zero-order chi connectivity index (χ0) is 10.4. The largest absolute Gasteiger partial charge is 0.478 e. The predicted octanol–water partition coefficient (Wildman–Crippen LogP) is 1.69. The van der Waals surface area contributed by atoms with E-state index in [9.17, 15) is 4.79 Å². The molecule has 1 aliphatic carbocycles. The van der Waals surface area contributed by atoms with Crippen LogP contribution in [0.4, 0.5) is 0 Å². The van der Waals surface area contributed by atoms with Gasteiger partial charge in [0.1, 0.15) is 0 Å². The Morgan fingerprint density at radius 1 is 1.53 bits per heavy atom. The fourth-order valence-electron chi connectivity index (χ4n) is 2.79. The molecule has 0 amide bonds.